The molecule has 0 heterocycles. The fourth-order valence-electron chi connectivity index (χ4n) is 3.46. The molecule has 4 unspecified atom stereocenters. The molecule has 0 amide bonds. The molecule has 0 aromatic rings. The van der Waals surface area contributed by atoms with E-state index in [0.717, 1.165) is 19.3 Å². The Morgan fingerprint density at radius 3 is 2.15 bits per heavy atom. The Balaban J connectivity index is 2.93. The van der Waals surface area contributed by atoms with Crippen LogP contribution in [0.3, 0.4) is 0 Å². The van der Waals surface area contributed by atoms with Crippen molar-refractivity contribution in [2.75, 3.05) is 13.4 Å². The van der Waals surface area contributed by atoms with Gasteiger partial charge in [-0.05, 0) is 39.5 Å². The first kappa shape index (κ1) is 25.0. The number of halogens is 4. The highest BCUT2D eigenvalue weighted by atomic mass is 35.5. The zero-order valence-corrected chi connectivity index (χ0v) is 17.3. The molecule has 1 aliphatic rings. The van der Waals surface area contributed by atoms with Gasteiger partial charge < -0.3 is 19.3 Å². The molecule has 0 aliphatic heterocycles. The van der Waals surface area contributed by atoms with Crippen molar-refractivity contribution in [3.8, 4) is 0 Å². The molecule has 8 heteroatoms. The molecule has 1 fully saturated rings. The van der Waals surface area contributed by atoms with Crippen LogP contribution in [0.5, 0.6) is 0 Å². The summed E-state index contributed by atoms with van der Waals surface area (Å²) in [5.74, 6) is -3.87. The summed E-state index contributed by atoms with van der Waals surface area (Å²) >= 11 is 5.39. The highest BCUT2D eigenvalue weighted by Gasteiger charge is 2.57. The molecular weight excluding hydrogens is 385 g/mol. The summed E-state index contributed by atoms with van der Waals surface area (Å²) in [7, 11) is 0. The van der Waals surface area contributed by atoms with Crippen molar-refractivity contribution in [3.05, 3.63) is 0 Å². The largest absolute Gasteiger partial charge is 0.378 e. The van der Waals surface area contributed by atoms with E-state index in [2.05, 4.69) is 0 Å². The first-order valence-corrected chi connectivity index (χ1v) is 10.3. The van der Waals surface area contributed by atoms with Crippen molar-refractivity contribution in [2.45, 2.75) is 108 Å². The summed E-state index contributed by atoms with van der Waals surface area (Å²) < 4.78 is 60.1. The summed E-state index contributed by atoms with van der Waals surface area (Å²) in [6, 6.07) is 0. The molecule has 4 atom stereocenters. The first-order chi connectivity index (χ1) is 12.7. The Hall–Kier alpha value is -0.0800. The number of aliphatic hydroxyl groups excluding tert-OH is 1. The van der Waals surface area contributed by atoms with E-state index < -0.39 is 30.1 Å². The molecule has 0 radical (unpaired) electrons. The minimum atomic E-state index is -3.87. The van der Waals surface area contributed by atoms with Gasteiger partial charge in [0, 0.05) is 13.0 Å². The number of hydrogen-bond acceptors (Lipinski definition) is 4. The van der Waals surface area contributed by atoms with E-state index in [-0.39, 0.29) is 18.6 Å². The zero-order valence-electron chi connectivity index (χ0n) is 16.6. The average molecular weight is 419 g/mol. The van der Waals surface area contributed by atoms with E-state index in [0.29, 0.717) is 39.2 Å². The Kier molecular flexibility index (Phi) is 10.9. The molecule has 1 N–H and O–H groups in total. The van der Waals surface area contributed by atoms with Gasteiger partial charge >= 0.3 is 5.92 Å². The third kappa shape index (κ3) is 8.05. The maximum atomic E-state index is 14.8. The first-order valence-electron chi connectivity index (χ1n) is 9.90. The second kappa shape index (κ2) is 11.8. The summed E-state index contributed by atoms with van der Waals surface area (Å²) in [6.45, 7) is 4.14. The van der Waals surface area contributed by atoms with Crippen LogP contribution >= 0.6 is 11.6 Å². The van der Waals surface area contributed by atoms with Crippen LogP contribution in [0.15, 0.2) is 0 Å². The number of hydrogen-bond donors (Lipinski definition) is 1. The molecule has 0 bridgehead atoms. The van der Waals surface area contributed by atoms with Crippen LogP contribution in [0.4, 0.5) is 13.2 Å². The van der Waals surface area contributed by atoms with Crippen LogP contribution < -0.4 is 0 Å². The summed E-state index contributed by atoms with van der Waals surface area (Å²) in [5, 5.41) is 5.74. The van der Waals surface area contributed by atoms with Crippen LogP contribution in [0.2, 0.25) is 0 Å². The van der Waals surface area contributed by atoms with Gasteiger partial charge in [-0.25, -0.2) is 4.39 Å². The van der Waals surface area contributed by atoms with Crippen molar-refractivity contribution < 1.29 is 32.5 Å². The van der Waals surface area contributed by atoms with Crippen molar-refractivity contribution in [1.29, 1.82) is 0 Å². The lowest BCUT2D eigenvalue weighted by Gasteiger charge is -2.37. The predicted molar refractivity (Wildman–Crippen MR) is 99.0 cm³/mol. The predicted octanol–water partition coefficient (Wildman–Crippen LogP) is 5.19. The van der Waals surface area contributed by atoms with Crippen LogP contribution in [-0.4, -0.2) is 54.0 Å². The third-order valence-corrected chi connectivity index (χ3v) is 5.32. The van der Waals surface area contributed by atoms with Gasteiger partial charge in [0.15, 0.2) is 0 Å². The van der Waals surface area contributed by atoms with Gasteiger partial charge in [-0.15, -0.1) is 0 Å². The SMILES string of the molecule is CCOC(CC(CC)OCO)CC(OC1CCCCC1)C(F)(F)C(C)(F)Cl. The molecule has 0 spiro atoms. The van der Waals surface area contributed by atoms with Crippen LogP contribution in [0.25, 0.3) is 0 Å². The number of ether oxygens (including phenoxy) is 3. The Morgan fingerprint density at radius 2 is 1.67 bits per heavy atom. The second-order valence-electron chi connectivity index (χ2n) is 7.27. The molecule has 162 valence electrons. The van der Waals surface area contributed by atoms with Gasteiger partial charge in [0.05, 0.1) is 18.3 Å². The Labute approximate surface area is 165 Å². The number of aliphatic hydroxyl groups is 1. The maximum Gasteiger partial charge on any atom is 0.320 e. The zero-order chi connectivity index (χ0) is 20.5. The van der Waals surface area contributed by atoms with Crippen LogP contribution in [-0.2, 0) is 14.2 Å². The van der Waals surface area contributed by atoms with E-state index in [9.17, 15) is 13.2 Å². The minimum Gasteiger partial charge on any atom is -0.378 e. The average Bonchev–Trinajstić information content (AvgIpc) is 2.60. The molecule has 27 heavy (non-hydrogen) atoms. The molecule has 1 aliphatic carbocycles. The molecule has 0 saturated heterocycles. The van der Waals surface area contributed by atoms with Crippen molar-refractivity contribution in [3.63, 3.8) is 0 Å². The Morgan fingerprint density at radius 1 is 1.04 bits per heavy atom. The monoisotopic (exact) mass is 418 g/mol. The Bertz CT molecular complexity index is 401. The summed E-state index contributed by atoms with van der Waals surface area (Å²) in [4.78, 5) is 0. The summed E-state index contributed by atoms with van der Waals surface area (Å²) in [6.07, 6.45) is 1.94. The van der Waals surface area contributed by atoms with Gasteiger partial charge in [-0.3, -0.25) is 0 Å². The van der Waals surface area contributed by atoms with E-state index in [1.807, 2.05) is 6.92 Å². The van der Waals surface area contributed by atoms with Gasteiger partial charge in [-0.1, -0.05) is 37.8 Å². The fourth-order valence-corrected chi connectivity index (χ4v) is 3.58. The van der Waals surface area contributed by atoms with E-state index in [1.165, 1.54) is 0 Å². The maximum absolute atomic E-state index is 14.8. The number of rotatable bonds is 13. The summed E-state index contributed by atoms with van der Waals surface area (Å²) in [5.41, 5.74) is 0. The molecule has 4 nitrogen and oxygen atoms in total. The molecule has 1 saturated carbocycles. The van der Waals surface area contributed by atoms with Crippen molar-refractivity contribution >= 4 is 11.6 Å². The number of alkyl halides is 4. The van der Waals surface area contributed by atoms with E-state index in [1.54, 1.807) is 6.92 Å². The van der Waals surface area contributed by atoms with Crippen molar-refractivity contribution in [2.24, 2.45) is 0 Å². The lowest BCUT2D eigenvalue weighted by molar-refractivity contribution is -0.214. The van der Waals surface area contributed by atoms with Crippen molar-refractivity contribution in [1.82, 2.24) is 0 Å². The van der Waals surface area contributed by atoms with Gasteiger partial charge in [-0.2, -0.15) is 8.78 Å². The minimum absolute atomic E-state index is 0.200. The highest BCUT2D eigenvalue weighted by Crippen LogP contribution is 2.43. The molecular formula is C19H34ClF3O4. The lowest BCUT2D eigenvalue weighted by atomic mass is 9.95. The standard InChI is InChI=1S/C19H34ClF3O4/c1-4-14(26-13-24)11-16(25-5-2)12-17(19(22,23)18(3,20)21)27-15-9-7-6-8-10-15/h14-17,24H,4-13H2,1-3H3. The third-order valence-electron chi connectivity index (χ3n) is 5.07. The molecule has 0 aromatic heterocycles. The topological polar surface area (TPSA) is 47.9 Å². The fraction of sp³-hybridized carbons (Fsp3) is 1.00. The van der Waals surface area contributed by atoms with E-state index >= 15 is 0 Å². The van der Waals surface area contributed by atoms with Gasteiger partial charge in [0.25, 0.3) is 0 Å². The van der Waals surface area contributed by atoms with Gasteiger partial charge in [0.2, 0.25) is 5.13 Å². The quantitative estimate of drug-likeness (QED) is 0.330. The second-order valence-corrected chi connectivity index (χ2v) is 7.98. The van der Waals surface area contributed by atoms with Gasteiger partial charge in [0.1, 0.15) is 12.9 Å². The van der Waals surface area contributed by atoms with Crippen LogP contribution in [0.1, 0.15) is 72.1 Å². The smallest absolute Gasteiger partial charge is 0.320 e. The molecule has 0 aromatic carbocycles. The lowest BCUT2D eigenvalue weighted by Crippen LogP contribution is -2.51. The molecule has 1 rings (SSSR count). The highest BCUT2D eigenvalue weighted by molar-refractivity contribution is 6.23. The van der Waals surface area contributed by atoms with Crippen LogP contribution in [0, 0.1) is 0 Å². The van der Waals surface area contributed by atoms with E-state index in [4.69, 9.17) is 30.9 Å². The normalized spacial score (nSPS) is 22.2.